The first kappa shape index (κ1) is 12.5. The van der Waals surface area contributed by atoms with Crippen molar-refractivity contribution in [2.24, 2.45) is 0 Å². The molecule has 1 heterocycles. The molecule has 18 heavy (non-hydrogen) atoms. The zero-order valence-corrected chi connectivity index (χ0v) is 10.6. The van der Waals surface area contributed by atoms with Crippen molar-refractivity contribution in [3.63, 3.8) is 0 Å². The van der Waals surface area contributed by atoms with Gasteiger partial charge in [-0.05, 0) is 31.4 Å². The molecule has 0 saturated carbocycles. The number of esters is 1. The molecule has 2 rings (SSSR count). The topological polar surface area (TPSA) is 81.6 Å². The lowest BCUT2D eigenvalue weighted by Crippen LogP contribution is -2.31. The summed E-state index contributed by atoms with van der Waals surface area (Å²) in [5.74, 6) is -0.418. The molecule has 1 saturated heterocycles. The fraction of sp³-hybridized carbons (Fsp3) is 0.462. The van der Waals surface area contributed by atoms with Gasteiger partial charge in [-0.2, -0.15) is 0 Å². The number of benzene rings is 1. The van der Waals surface area contributed by atoms with Gasteiger partial charge in [0.15, 0.2) is 0 Å². The average Bonchev–Trinajstić information content (AvgIpc) is 2.38. The number of rotatable bonds is 2. The number of piperidine rings is 1. The highest BCUT2D eigenvalue weighted by Crippen LogP contribution is 2.33. The lowest BCUT2D eigenvalue weighted by Gasteiger charge is -2.31. The number of carbonyl (C=O) groups is 1. The summed E-state index contributed by atoms with van der Waals surface area (Å²) in [7, 11) is 1.34. The maximum Gasteiger partial charge on any atom is 0.338 e. The third kappa shape index (κ3) is 2.34. The molecular formula is C13H19N3O2. The minimum Gasteiger partial charge on any atom is -0.465 e. The third-order valence-electron chi connectivity index (χ3n) is 3.26. The van der Waals surface area contributed by atoms with E-state index < -0.39 is 5.97 Å². The molecule has 0 unspecified atom stereocenters. The predicted molar refractivity (Wildman–Crippen MR) is 72.7 cm³/mol. The van der Waals surface area contributed by atoms with E-state index in [-0.39, 0.29) is 0 Å². The van der Waals surface area contributed by atoms with Crippen molar-refractivity contribution in [1.82, 2.24) is 0 Å². The van der Waals surface area contributed by atoms with E-state index >= 15 is 0 Å². The van der Waals surface area contributed by atoms with Gasteiger partial charge in [-0.3, -0.25) is 0 Å². The highest BCUT2D eigenvalue weighted by Gasteiger charge is 2.18. The zero-order valence-electron chi connectivity index (χ0n) is 10.6. The average molecular weight is 249 g/mol. The van der Waals surface area contributed by atoms with Crippen molar-refractivity contribution < 1.29 is 9.53 Å². The molecule has 1 aliphatic heterocycles. The van der Waals surface area contributed by atoms with Gasteiger partial charge in [0, 0.05) is 13.1 Å². The van der Waals surface area contributed by atoms with Gasteiger partial charge in [0.25, 0.3) is 0 Å². The zero-order chi connectivity index (χ0) is 13.1. The Balaban J connectivity index is 2.34. The van der Waals surface area contributed by atoms with Crippen LogP contribution in [0.5, 0.6) is 0 Å². The molecule has 4 N–H and O–H groups in total. The van der Waals surface area contributed by atoms with Crippen LogP contribution in [0.15, 0.2) is 12.1 Å². The Bertz CT molecular complexity index is 431. The number of hydrogen-bond donors (Lipinski definition) is 2. The molecule has 0 spiro atoms. The largest absolute Gasteiger partial charge is 0.465 e. The molecule has 98 valence electrons. The molecule has 0 radical (unpaired) electrons. The standard InChI is InChI=1S/C13H19N3O2/c1-18-13(17)9-7-10(14)12(11(15)8-9)16-5-3-2-4-6-16/h7-8H,2-6,14-15H2,1H3. The minimum absolute atomic E-state index is 0.397. The van der Waals surface area contributed by atoms with Crippen LogP contribution in [0.1, 0.15) is 29.6 Å². The number of nitrogen functional groups attached to an aromatic ring is 2. The second-order valence-corrected chi connectivity index (χ2v) is 4.54. The monoisotopic (exact) mass is 249 g/mol. The van der Waals surface area contributed by atoms with Crippen molar-refractivity contribution in [2.75, 3.05) is 36.6 Å². The van der Waals surface area contributed by atoms with E-state index in [0.717, 1.165) is 31.6 Å². The van der Waals surface area contributed by atoms with Crippen molar-refractivity contribution in [2.45, 2.75) is 19.3 Å². The molecule has 5 nitrogen and oxygen atoms in total. The van der Waals surface area contributed by atoms with Crippen LogP contribution in [0.25, 0.3) is 0 Å². The van der Waals surface area contributed by atoms with Gasteiger partial charge in [0.1, 0.15) is 0 Å². The SMILES string of the molecule is COC(=O)c1cc(N)c(N2CCCCC2)c(N)c1. The van der Waals surface area contributed by atoms with E-state index in [4.69, 9.17) is 11.5 Å². The van der Waals surface area contributed by atoms with Gasteiger partial charge in [-0.25, -0.2) is 4.79 Å². The first-order valence-corrected chi connectivity index (χ1v) is 6.15. The Morgan fingerprint density at radius 2 is 1.72 bits per heavy atom. The van der Waals surface area contributed by atoms with Crippen LogP contribution in [0.4, 0.5) is 17.1 Å². The summed E-state index contributed by atoms with van der Waals surface area (Å²) in [5, 5.41) is 0. The molecule has 0 bridgehead atoms. The van der Waals surface area contributed by atoms with E-state index in [2.05, 4.69) is 9.64 Å². The van der Waals surface area contributed by atoms with Crippen LogP contribution in [-0.2, 0) is 4.74 Å². The second kappa shape index (κ2) is 5.16. The summed E-state index contributed by atoms with van der Waals surface area (Å²) in [4.78, 5) is 13.6. The normalized spacial score (nSPS) is 15.5. The fourth-order valence-electron chi connectivity index (χ4n) is 2.40. The van der Waals surface area contributed by atoms with Crippen LogP contribution in [0.3, 0.4) is 0 Å². The highest BCUT2D eigenvalue weighted by atomic mass is 16.5. The summed E-state index contributed by atoms with van der Waals surface area (Å²) in [6, 6.07) is 3.26. The van der Waals surface area contributed by atoms with E-state index in [1.165, 1.54) is 13.5 Å². The molecule has 1 fully saturated rings. The van der Waals surface area contributed by atoms with Crippen molar-refractivity contribution in [1.29, 1.82) is 0 Å². The molecule has 0 aliphatic carbocycles. The fourth-order valence-corrected chi connectivity index (χ4v) is 2.40. The third-order valence-corrected chi connectivity index (χ3v) is 3.26. The maximum atomic E-state index is 11.5. The number of hydrogen-bond acceptors (Lipinski definition) is 5. The first-order valence-electron chi connectivity index (χ1n) is 6.15. The maximum absolute atomic E-state index is 11.5. The van der Waals surface area contributed by atoms with Gasteiger partial charge < -0.3 is 21.1 Å². The van der Waals surface area contributed by atoms with Gasteiger partial charge >= 0.3 is 5.97 Å². The molecular weight excluding hydrogens is 230 g/mol. The van der Waals surface area contributed by atoms with E-state index in [0.29, 0.717) is 16.9 Å². The Morgan fingerprint density at radius 1 is 1.17 bits per heavy atom. The van der Waals surface area contributed by atoms with Gasteiger partial charge in [-0.1, -0.05) is 0 Å². The number of nitrogens with zero attached hydrogens (tertiary/aromatic N) is 1. The number of nitrogens with two attached hydrogens (primary N) is 2. The molecule has 0 aromatic heterocycles. The smallest absolute Gasteiger partial charge is 0.338 e. The number of anilines is 3. The van der Waals surface area contributed by atoms with Crippen molar-refractivity contribution in [3.8, 4) is 0 Å². The number of ether oxygens (including phenoxy) is 1. The Kier molecular flexibility index (Phi) is 3.60. The van der Waals surface area contributed by atoms with Gasteiger partial charge in [-0.15, -0.1) is 0 Å². The lowest BCUT2D eigenvalue weighted by atomic mass is 10.1. The van der Waals surface area contributed by atoms with Crippen LogP contribution < -0.4 is 16.4 Å². The molecule has 0 amide bonds. The molecule has 0 atom stereocenters. The molecule has 1 aromatic carbocycles. The minimum atomic E-state index is -0.418. The number of carbonyl (C=O) groups excluding carboxylic acids is 1. The summed E-state index contributed by atoms with van der Waals surface area (Å²) in [5.41, 5.74) is 14.4. The van der Waals surface area contributed by atoms with E-state index in [9.17, 15) is 4.79 Å². The summed E-state index contributed by atoms with van der Waals surface area (Å²) in [6.07, 6.45) is 3.55. The Labute approximate surface area is 107 Å². The second-order valence-electron chi connectivity index (χ2n) is 4.54. The van der Waals surface area contributed by atoms with E-state index in [1.807, 2.05) is 0 Å². The molecule has 1 aromatic rings. The predicted octanol–water partition coefficient (Wildman–Crippen LogP) is 1.63. The van der Waals surface area contributed by atoms with E-state index in [1.54, 1.807) is 12.1 Å². The summed E-state index contributed by atoms with van der Waals surface area (Å²) < 4.78 is 4.67. The highest BCUT2D eigenvalue weighted by molar-refractivity contribution is 5.95. The molecule has 5 heteroatoms. The van der Waals surface area contributed by atoms with Gasteiger partial charge in [0.05, 0.1) is 29.7 Å². The van der Waals surface area contributed by atoms with Crippen LogP contribution in [0.2, 0.25) is 0 Å². The van der Waals surface area contributed by atoms with Crippen LogP contribution in [-0.4, -0.2) is 26.2 Å². The lowest BCUT2D eigenvalue weighted by molar-refractivity contribution is 0.0601. The van der Waals surface area contributed by atoms with Gasteiger partial charge in [0.2, 0.25) is 0 Å². The van der Waals surface area contributed by atoms with Crippen LogP contribution in [0, 0.1) is 0 Å². The Morgan fingerprint density at radius 3 is 2.22 bits per heavy atom. The number of methoxy groups -OCH3 is 1. The van der Waals surface area contributed by atoms with Crippen molar-refractivity contribution in [3.05, 3.63) is 17.7 Å². The van der Waals surface area contributed by atoms with Crippen LogP contribution >= 0.6 is 0 Å². The first-order chi connectivity index (χ1) is 8.63. The molecule has 1 aliphatic rings. The Hall–Kier alpha value is -1.91. The summed E-state index contributed by atoms with van der Waals surface area (Å²) >= 11 is 0. The summed E-state index contributed by atoms with van der Waals surface area (Å²) in [6.45, 7) is 1.93. The quantitative estimate of drug-likeness (QED) is 0.615. The van der Waals surface area contributed by atoms with Crippen molar-refractivity contribution >= 4 is 23.0 Å².